The highest BCUT2D eigenvalue weighted by Gasteiger charge is 2.18. The minimum atomic E-state index is 0.395. The summed E-state index contributed by atoms with van der Waals surface area (Å²) in [5, 5.41) is 5.31. The van der Waals surface area contributed by atoms with Crippen LogP contribution in [0.15, 0.2) is 18.2 Å². The number of benzene rings is 1. The molecule has 2 nitrogen and oxygen atoms in total. The summed E-state index contributed by atoms with van der Waals surface area (Å²) in [5.74, 6) is 0.918. The molecule has 0 spiro atoms. The van der Waals surface area contributed by atoms with Crippen molar-refractivity contribution in [1.29, 1.82) is 0 Å². The molecule has 0 saturated heterocycles. The zero-order valence-electron chi connectivity index (χ0n) is 12.4. The fraction of sp³-hybridized carbons (Fsp3) is 0.438. The van der Waals surface area contributed by atoms with Crippen molar-refractivity contribution in [3.8, 4) is 5.69 Å². The van der Waals surface area contributed by atoms with Crippen LogP contribution in [-0.2, 0) is 12.3 Å². The second-order valence-electron chi connectivity index (χ2n) is 5.65. The first-order valence-corrected chi connectivity index (χ1v) is 7.75. The van der Waals surface area contributed by atoms with E-state index in [1.807, 2.05) is 4.68 Å². The van der Waals surface area contributed by atoms with E-state index in [1.165, 1.54) is 5.56 Å². The molecule has 4 heteroatoms. The van der Waals surface area contributed by atoms with Gasteiger partial charge in [0, 0.05) is 5.56 Å². The van der Waals surface area contributed by atoms with E-state index < -0.39 is 0 Å². The van der Waals surface area contributed by atoms with Crippen molar-refractivity contribution in [1.82, 2.24) is 9.78 Å². The van der Waals surface area contributed by atoms with Crippen molar-refractivity contribution in [2.24, 2.45) is 5.92 Å². The van der Waals surface area contributed by atoms with Crippen LogP contribution >= 0.6 is 23.2 Å². The molecular weight excluding hydrogens is 291 g/mol. The van der Waals surface area contributed by atoms with Crippen molar-refractivity contribution in [3.63, 3.8) is 0 Å². The van der Waals surface area contributed by atoms with E-state index in [-0.39, 0.29) is 0 Å². The van der Waals surface area contributed by atoms with Crippen molar-refractivity contribution in [3.05, 3.63) is 45.7 Å². The van der Waals surface area contributed by atoms with E-state index in [0.29, 0.717) is 17.0 Å². The average Bonchev–Trinajstić information content (AvgIpc) is 2.65. The maximum atomic E-state index is 6.48. The predicted octanol–water partition coefficient (Wildman–Crippen LogP) is 5.08. The SMILES string of the molecule is Cc1ccc(-n2nc(CC(C)C)c(CCl)c2Cl)c(C)c1. The zero-order chi connectivity index (χ0) is 14.9. The predicted molar refractivity (Wildman–Crippen MR) is 86.1 cm³/mol. The normalized spacial score (nSPS) is 11.3. The van der Waals surface area contributed by atoms with Gasteiger partial charge >= 0.3 is 0 Å². The molecule has 0 radical (unpaired) electrons. The molecule has 0 aliphatic heterocycles. The number of nitrogens with zero attached hydrogens (tertiary/aromatic N) is 2. The topological polar surface area (TPSA) is 17.8 Å². The molecule has 0 amide bonds. The summed E-state index contributed by atoms with van der Waals surface area (Å²) < 4.78 is 1.81. The van der Waals surface area contributed by atoms with Gasteiger partial charge in [-0.25, -0.2) is 4.68 Å². The Morgan fingerprint density at radius 3 is 2.50 bits per heavy atom. The molecular formula is C16H20Cl2N2. The van der Waals surface area contributed by atoms with Crippen molar-refractivity contribution < 1.29 is 0 Å². The molecule has 1 heterocycles. The number of hydrogen-bond donors (Lipinski definition) is 0. The van der Waals surface area contributed by atoms with Gasteiger partial charge in [-0.1, -0.05) is 43.1 Å². The Hall–Kier alpha value is -0.990. The van der Waals surface area contributed by atoms with Crippen molar-refractivity contribution >= 4 is 23.2 Å². The maximum Gasteiger partial charge on any atom is 0.137 e. The second kappa shape index (κ2) is 6.19. The Bertz CT molecular complexity index is 615. The van der Waals surface area contributed by atoms with Crippen LogP contribution < -0.4 is 0 Å². The molecule has 20 heavy (non-hydrogen) atoms. The first kappa shape index (κ1) is 15.4. The molecule has 2 rings (SSSR count). The molecule has 0 saturated carbocycles. The lowest BCUT2D eigenvalue weighted by Crippen LogP contribution is -2.02. The fourth-order valence-electron chi connectivity index (χ4n) is 2.36. The molecule has 0 bridgehead atoms. The lowest BCUT2D eigenvalue weighted by atomic mass is 10.1. The number of halogens is 2. The lowest BCUT2D eigenvalue weighted by Gasteiger charge is -2.08. The van der Waals surface area contributed by atoms with E-state index in [4.69, 9.17) is 23.2 Å². The van der Waals surface area contributed by atoms with Gasteiger partial charge in [-0.05, 0) is 37.8 Å². The Morgan fingerprint density at radius 2 is 1.95 bits per heavy atom. The second-order valence-corrected chi connectivity index (χ2v) is 6.27. The van der Waals surface area contributed by atoms with Gasteiger partial charge in [0.05, 0.1) is 17.3 Å². The lowest BCUT2D eigenvalue weighted by molar-refractivity contribution is 0.626. The quantitative estimate of drug-likeness (QED) is 0.720. The Morgan fingerprint density at radius 1 is 1.25 bits per heavy atom. The van der Waals surface area contributed by atoms with Crippen LogP contribution in [0.4, 0.5) is 0 Å². The minimum Gasteiger partial charge on any atom is -0.221 e. The standard InChI is InChI=1S/C16H20Cl2N2/c1-10(2)7-14-13(9-17)16(18)20(19-14)15-6-5-11(3)8-12(15)4/h5-6,8,10H,7,9H2,1-4H3. The summed E-state index contributed by atoms with van der Waals surface area (Å²) in [6.45, 7) is 8.49. The smallest absolute Gasteiger partial charge is 0.137 e. The van der Waals surface area contributed by atoms with Gasteiger partial charge in [-0.2, -0.15) is 5.10 Å². The van der Waals surface area contributed by atoms with E-state index >= 15 is 0 Å². The number of alkyl halides is 1. The first-order valence-electron chi connectivity index (χ1n) is 6.84. The van der Waals surface area contributed by atoms with Gasteiger partial charge in [-0.15, -0.1) is 11.6 Å². The van der Waals surface area contributed by atoms with Gasteiger partial charge in [0.15, 0.2) is 0 Å². The molecule has 0 atom stereocenters. The summed E-state index contributed by atoms with van der Waals surface area (Å²) in [4.78, 5) is 0. The van der Waals surface area contributed by atoms with Crippen molar-refractivity contribution in [2.45, 2.75) is 40.0 Å². The Kier molecular flexibility index (Phi) is 4.77. The van der Waals surface area contributed by atoms with Crippen LogP contribution in [0.5, 0.6) is 0 Å². The Balaban J connectivity index is 2.54. The van der Waals surface area contributed by atoms with E-state index in [0.717, 1.165) is 28.9 Å². The third kappa shape index (κ3) is 3.02. The zero-order valence-corrected chi connectivity index (χ0v) is 13.9. The van der Waals surface area contributed by atoms with E-state index in [1.54, 1.807) is 0 Å². The molecule has 0 aliphatic carbocycles. The van der Waals surface area contributed by atoms with Gasteiger partial charge in [0.1, 0.15) is 5.15 Å². The monoisotopic (exact) mass is 310 g/mol. The van der Waals surface area contributed by atoms with Crippen LogP contribution in [0.25, 0.3) is 5.69 Å². The molecule has 1 aromatic heterocycles. The molecule has 1 aromatic carbocycles. The molecule has 0 fully saturated rings. The minimum absolute atomic E-state index is 0.395. The first-order chi connectivity index (χ1) is 9.43. The van der Waals surface area contributed by atoms with Crippen LogP contribution in [0.1, 0.15) is 36.2 Å². The third-order valence-electron chi connectivity index (χ3n) is 3.32. The molecule has 108 valence electrons. The summed E-state index contributed by atoms with van der Waals surface area (Å²) >= 11 is 12.5. The molecule has 2 aromatic rings. The van der Waals surface area contributed by atoms with Crippen LogP contribution in [-0.4, -0.2) is 9.78 Å². The molecule has 0 unspecified atom stereocenters. The van der Waals surface area contributed by atoms with Crippen LogP contribution in [0.3, 0.4) is 0 Å². The number of aromatic nitrogens is 2. The van der Waals surface area contributed by atoms with E-state index in [9.17, 15) is 0 Å². The van der Waals surface area contributed by atoms with Gasteiger partial charge in [0.25, 0.3) is 0 Å². The van der Waals surface area contributed by atoms with Gasteiger partial charge in [0.2, 0.25) is 0 Å². The summed E-state index contributed by atoms with van der Waals surface area (Å²) in [6, 6.07) is 6.26. The highest BCUT2D eigenvalue weighted by molar-refractivity contribution is 6.31. The highest BCUT2D eigenvalue weighted by Crippen LogP contribution is 2.28. The number of rotatable bonds is 4. The van der Waals surface area contributed by atoms with Crippen LogP contribution in [0, 0.1) is 19.8 Å². The third-order valence-corrected chi connectivity index (χ3v) is 3.98. The molecule has 0 N–H and O–H groups in total. The highest BCUT2D eigenvalue weighted by atomic mass is 35.5. The Labute approximate surface area is 130 Å². The molecule has 0 aliphatic rings. The van der Waals surface area contributed by atoms with Crippen molar-refractivity contribution in [2.75, 3.05) is 0 Å². The number of hydrogen-bond acceptors (Lipinski definition) is 1. The maximum absolute atomic E-state index is 6.48. The largest absolute Gasteiger partial charge is 0.221 e. The number of aryl methyl sites for hydroxylation is 2. The summed E-state index contributed by atoms with van der Waals surface area (Å²) in [7, 11) is 0. The van der Waals surface area contributed by atoms with E-state index in [2.05, 4.69) is 51.0 Å². The fourth-order valence-corrected chi connectivity index (χ4v) is 3.01. The summed E-state index contributed by atoms with van der Waals surface area (Å²) in [6.07, 6.45) is 0.889. The average molecular weight is 311 g/mol. The van der Waals surface area contributed by atoms with Gasteiger partial charge < -0.3 is 0 Å². The van der Waals surface area contributed by atoms with Crippen LogP contribution in [0.2, 0.25) is 5.15 Å². The summed E-state index contributed by atoms with van der Waals surface area (Å²) in [5.41, 5.74) is 5.35. The van der Waals surface area contributed by atoms with Gasteiger partial charge in [-0.3, -0.25) is 0 Å².